The van der Waals surface area contributed by atoms with Crippen LogP contribution in [0.1, 0.15) is 0 Å². The second-order valence-electron chi connectivity index (χ2n) is 2.38. The standard InChI is InChI=1S/C7H9ClN2O2S/c8-5-1-2-6(13-5)10-7(12)4(9)3-11/h1-2,4,11H,3,9H2,(H,10,12). The number of rotatable bonds is 3. The van der Waals surface area contributed by atoms with Crippen molar-refractivity contribution in [2.75, 3.05) is 11.9 Å². The zero-order chi connectivity index (χ0) is 9.84. The van der Waals surface area contributed by atoms with Gasteiger partial charge in [-0.1, -0.05) is 11.6 Å². The van der Waals surface area contributed by atoms with Gasteiger partial charge >= 0.3 is 0 Å². The fraction of sp³-hybridized carbons (Fsp3) is 0.286. The molecule has 72 valence electrons. The van der Waals surface area contributed by atoms with E-state index in [4.69, 9.17) is 22.4 Å². The third-order valence-electron chi connectivity index (χ3n) is 1.35. The highest BCUT2D eigenvalue weighted by Gasteiger charge is 2.12. The van der Waals surface area contributed by atoms with E-state index in [0.717, 1.165) is 0 Å². The summed E-state index contributed by atoms with van der Waals surface area (Å²) in [5, 5.41) is 11.7. The molecule has 13 heavy (non-hydrogen) atoms. The SMILES string of the molecule is NC(CO)C(=O)Nc1ccc(Cl)s1. The lowest BCUT2D eigenvalue weighted by molar-refractivity contribution is -0.118. The smallest absolute Gasteiger partial charge is 0.244 e. The van der Waals surface area contributed by atoms with Crippen LogP contribution < -0.4 is 11.1 Å². The molecule has 1 unspecified atom stereocenters. The molecule has 1 heterocycles. The molecule has 0 radical (unpaired) electrons. The lowest BCUT2D eigenvalue weighted by Gasteiger charge is -2.06. The molecule has 1 aromatic rings. The fourth-order valence-corrected chi connectivity index (χ4v) is 1.62. The number of nitrogens with one attached hydrogen (secondary N) is 1. The maximum atomic E-state index is 11.1. The molecule has 0 aliphatic rings. The molecule has 0 spiro atoms. The Balaban J connectivity index is 2.54. The summed E-state index contributed by atoms with van der Waals surface area (Å²) in [6.07, 6.45) is 0. The van der Waals surface area contributed by atoms with Gasteiger partial charge in [0.2, 0.25) is 5.91 Å². The molecule has 0 aromatic carbocycles. The van der Waals surface area contributed by atoms with Gasteiger partial charge in [0, 0.05) is 0 Å². The van der Waals surface area contributed by atoms with E-state index in [0.29, 0.717) is 9.34 Å². The number of carbonyl (C=O) groups excluding carboxylic acids is 1. The quantitative estimate of drug-likeness (QED) is 0.701. The van der Waals surface area contributed by atoms with Crippen molar-refractivity contribution in [1.29, 1.82) is 0 Å². The van der Waals surface area contributed by atoms with Crippen LogP contribution in [-0.4, -0.2) is 23.7 Å². The van der Waals surface area contributed by atoms with Gasteiger partial charge in [-0.25, -0.2) is 0 Å². The van der Waals surface area contributed by atoms with Crippen LogP contribution in [0.3, 0.4) is 0 Å². The second kappa shape index (κ2) is 4.57. The Morgan fingerprint density at radius 2 is 2.46 bits per heavy atom. The van der Waals surface area contributed by atoms with Crippen molar-refractivity contribution in [2.24, 2.45) is 5.73 Å². The van der Waals surface area contributed by atoms with E-state index in [1.165, 1.54) is 11.3 Å². The first kappa shape index (κ1) is 10.5. The monoisotopic (exact) mass is 220 g/mol. The summed E-state index contributed by atoms with van der Waals surface area (Å²) in [4.78, 5) is 11.1. The summed E-state index contributed by atoms with van der Waals surface area (Å²) in [7, 11) is 0. The Kier molecular flexibility index (Phi) is 3.68. The maximum absolute atomic E-state index is 11.1. The highest BCUT2D eigenvalue weighted by molar-refractivity contribution is 7.20. The molecule has 4 N–H and O–H groups in total. The molecule has 6 heteroatoms. The fourth-order valence-electron chi connectivity index (χ4n) is 0.679. The zero-order valence-electron chi connectivity index (χ0n) is 6.66. The topological polar surface area (TPSA) is 75.3 Å². The number of hydrogen-bond donors (Lipinski definition) is 3. The van der Waals surface area contributed by atoms with Gasteiger partial charge in [0.15, 0.2) is 0 Å². The van der Waals surface area contributed by atoms with Gasteiger partial charge in [-0.05, 0) is 12.1 Å². The van der Waals surface area contributed by atoms with Crippen LogP contribution in [-0.2, 0) is 4.79 Å². The lowest BCUT2D eigenvalue weighted by atomic mass is 10.3. The highest BCUT2D eigenvalue weighted by atomic mass is 35.5. The van der Waals surface area contributed by atoms with Crippen molar-refractivity contribution in [3.63, 3.8) is 0 Å². The minimum atomic E-state index is -0.888. The van der Waals surface area contributed by atoms with E-state index < -0.39 is 11.9 Å². The van der Waals surface area contributed by atoms with Crippen molar-refractivity contribution in [3.05, 3.63) is 16.5 Å². The zero-order valence-corrected chi connectivity index (χ0v) is 8.23. The number of carbonyl (C=O) groups is 1. The number of nitrogens with two attached hydrogens (primary N) is 1. The summed E-state index contributed by atoms with van der Waals surface area (Å²) >= 11 is 6.88. The van der Waals surface area contributed by atoms with E-state index in [-0.39, 0.29) is 6.61 Å². The Hall–Kier alpha value is -0.620. The Labute approximate surface area is 84.3 Å². The number of anilines is 1. The molecule has 0 aliphatic carbocycles. The number of amides is 1. The van der Waals surface area contributed by atoms with Gasteiger partial charge in [0.1, 0.15) is 6.04 Å². The average Bonchev–Trinajstić information content (AvgIpc) is 2.49. The molecule has 0 bridgehead atoms. The minimum Gasteiger partial charge on any atom is -0.394 e. The van der Waals surface area contributed by atoms with Crippen molar-refractivity contribution >= 4 is 33.8 Å². The van der Waals surface area contributed by atoms with Crippen LogP contribution in [0.2, 0.25) is 4.34 Å². The average molecular weight is 221 g/mol. The third-order valence-corrected chi connectivity index (χ3v) is 2.50. The van der Waals surface area contributed by atoms with Crippen LogP contribution in [0.5, 0.6) is 0 Å². The van der Waals surface area contributed by atoms with Crippen molar-refractivity contribution in [1.82, 2.24) is 0 Å². The molecule has 0 saturated heterocycles. The largest absolute Gasteiger partial charge is 0.394 e. The van der Waals surface area contributed by atoms with Gasteiger partial charge in [-0.15, -0.1) is 11.3 Å². The van der Waals surface area contributed by atoms with Gasteiger partial charge in [0.25, 0.3) is 0 Å². The third kappa shape index (κ3) is 2.96. The minimum absolute atomic E-state index is 0.370. The van der Waals surface area contributed by atoms with Crippen LogP contribution in [0, 0.1) is 0 Å². The number of thiophene rings is 1. The van der Waals surface area contributed by atoms with Crippen molar-refractivity contribution in [3.8, 4) is 0 Å². The van der Waals surface area contributed by atoms with E-state index in [2.05, 4.69) is 5.32 Å². The Morgan fingerprint density at radius 1 is 1.77 bits per heavy atom. The molecule has 0 fully saturated rings. The summed E-state index contributed by atoms with van der Waals surface area (Å²) in [6.45, 7) is -0.370. The van der Waals surface area contributed by atoms with Crippen molar-refractivity contribution < 1.29 is 9.90 Å². The summed E-state index contributed by atoms with van der Waals surface area (Å²) in [6, 6.07) is 2.46. The molecule has 1 rings (SSSR count). The Bertz CT molecular complexity index is 302. The van der Waals surface area contributed by atoms with E-state index in [1.54, 1.807) is 12.1 Å². The molecule has 1 atom stereocenters. The van der Waals surface area contributed by atoms with Crippen LogP contribution in [0.25, 0.3) is 0 Å². The lowest BCUT2D eigenvalue weighted by Crippen LogP contribution is -2.38. The molecule has 4 nitrogen and oxygen atoms in total. The van der Waals surface area contributed by atoms with Gasteiger partial charge in [-0.2, -0.15) is 0 Å². The number of aliphatic hydroxyl groups is 1. The summed E-state index contributed by atoms with van der Waals surface area (Å²) < 4.78 is 0.591. The molecular formula is C7H9ClN2O2S. The summed E-state index contributed by atoms with van der Waals surface area (Å²) in [5.74, 6) is -0.416. The van der Waals surface area contributed by atoms with E-state index in [1.807, 2.05) is 0 Å². The van der Waals surface area contributed by atoms with E-state index in [9.17, 15) is 4.79 Å². The molecule has 0 saturated carbocycles. The first-order valence-electron chi connectivity index (χ1n) is 3.56. The van der Waals surface area contributed by atoms with Crippen LogP contribution >= 0.6 is 22.9 Å². The Morgan fingerprint density at radius 3 is 2.92 bits per heavy atom. The van der Waals surface area contributed by atoms with Crippen LogP contribution in [0.4, 0.5) is 5.00 Å². The molecule has 0 aliphatic heterocycles. The summed E-state index contributed by atoms with van der Waals surface area (Å²) in [5.41, 5.74) is 5.28. The molecule has 1 aromatic heterocycles. The first-order chi connectivity index (χ1) is 6.13. The second-order valence-corrected chi connectivity index (χ2v) is 4.10. The predicted octanol–water partition coefficient (Wildman–Crippen LogP) is 0.660. The van der Waals surface area contributed by atoms with E-state index >= 15 is 0 Å². The molecular weight excluding hydrogens is 212 g/mol. The number of aliphatic hydroxyl groups excluding tert-OH is 1. The first-order valence-corrected chi connectivity index (χ1v) is 4.75. The number of hydrogen-bond acceptors (Lipinski definition) is 4. The van der Waals surface area contributed by atoms with Crippen LogP contribution in [0.15, 0.2) is 12.1 Å². The molecule has 1 amide bonds. The maximum Gasteiger partial charge on any atom is 0.244 e. The number of halogens is 1. The predicted molar refractivity (Wildman–Crippen MR) is 53.0 cm³/mol. The van der Waals surface area contributed by atoms with Gasteiger partial charge < -0.3 is 16.2 Å². The van der Waals surface area contributed by atoms with Gasteiger partial charge in [0.05, 0.1) is 15.9 Å². The highest BCUT2D eigenvalue weighted by Crippen LogP contribution is 2.25. The normalized spacial score (nSPS) is 12.5. The van der Waals surface area contributed by atoms with Gasteiger partial charge in [-0.3, -0.25) is 4.79 Å². The van der Waals surface area contributed by atoms with Crippen molar-refractivity contribution in [2.45, 2.75) is 6.04 Å².